The van der Waals surface area contributed by atoms with Gasteiger partial charge < -0.3 is 5.11 Å². The topological polar surface area (TPSA) is 20.2 Å². The highest BCUT2D eigenvalue weighted by Crippen LogP contribution is 2.34. The van der Waals surface area contributed by atoms with Gasteiger partial charge in [0.25, 0.3) is 0 Å². The van der Waals surface area contributed by atoms with Gasteiger partial charge in [0, 0.05) is 26.0 Å². The minimum absolute atomic E-state index is 0.226. The SMILES string of the molecule is CC(O)(Cc1c(Br)cccc1Br)c1ccc(Cl)cc1F. The lowest BCUT2D eigenvalue weighted by atomic mass is 9.89. The highest BCUT2D eigenvalue weighted by molar-refractivity contribution is 9.11. The van der Waals surface area contributed by atoms with Crippen LogP contribution in [0.15, 0.2) is 45.3 Å². The molecule has 0 aromatic heterocycles. The van der Waals surface area contributed by atoms with E-state index < -0.39 is 11.4 Å². The van der Waals surface area contributed by atoms with Crippen LogP contribution in [0.4, 0.5) is 4.39 Å². The van der Waals surface area contributed by atoms with E-state index in [1.165, 1.54) is 12.1 Å². The van der Waals surface area contributed by atoms with Crippen LogP contribution in [0.5, 0.6) is 0 Å². The summed E-state index contributed by atoms with van der Waals surface area (Å²) in [5, 5.41) is 10.9. The van der Waals surface area contributed by atoms with Crippen molar-refractivity contribution in [1.29, 1.82) is 0 Å². The molecule has 2 rings (SSSR count). The van der Waals surface area contributed by atoms with Crippen molar-refractivity contribution in [3.05, 3.63) is 67.3 Å². The van der Waals surface area contributed by atoms with E-state index in [4.69, 9.17) is 11.6 Å². The highest BCUT2D eigenvalue weighted by atomic mass is 79.9. The molecule has 0 spiro atoms. The van der Waals surface area contributed by atoms with Gasteiger partial charge in [-0.05, 0) is 36.8 Å². The predicted molar refractivity (Wildman–Crippen MR) is 86.5 cm³/mol. The molecule has 0 fully saturated rings. The first-order valence-corrected chi connectivity index (χ1v) is 7.88. The van der Waals surface area contributed by atoms with E-state index in [0.717, 1.165) is 14.5 Å². The lowest BCUT2D eigenvalue weighted by molar-refractivity contribution is 0.0535. The number of benzene rings is 2. The molecule has 0 aliphatic heterocycles. The van der Waals surface area contributed by atoms with E-state index in [0.29, 0.717) is 5.02 Å². The molecule has 1 N–H and O–H groups in total. The largest absolute Gasteiger partial charge is 0.385 e. The molecule has 106 valence electrons. The van der Waals surface area contributed by atoms with Crippen LogP contribution in [-0.2, 0) is 12.0 Å². The first-order chi connectivity index (χ1) is 9.31. The van der Waals surface area contributed by atoms with Crippen LogP contribution < -0.4 is 0 Å². The maximum absolute atomic E-state index is 14.0. The Kier molecular flexibility index (Phi) is 4.90. The molecule has 5 heteroatoms. The highest BCUT2D eigenvalue weighted by Gasteiger charge is 2.28. The lowest BCUT2D eigenvalue weighted by Crippen LogP contribution is -2.26. The minimum atomic E-state index is -1.33. The number of halogens is 4. The van der Waals surface area contributed by atoms with E-state index in [9.17, 15) is 9.50 Å². The molecule has 0 aliphatic carbocycles. The van der Waals surface area contributed by atoms with Crippen LogP contribution in [0.1, 0.15) is 18.1 Å². The van der Waals surface area contributed by atoms with E-state index in [1.807, 2.05) is 18.2 Å². The van der Waals surface area contributed by atoms with E-state index in [2.05, 4.69) is 31.9 Å². The van der Waals surface area contributed by atoms with E-state index in [-0.39, 0.29) is 12.0 Å². The van der Waals surface area contributed by atoms with Gasteiger partial charge in [0.2, 0.25) is 0 Å². The maximum atomic E-state index is 14.0. The molecular weight excluding hydrogens is 410 g/mol. The Balaban J connectivity index is 2.40. The molecule has 1 nitrogen and oxygen atoms in total. The molecule has 20 heavy (non-hydrogen) atoms. The zero-order chi connectivity index (χ0) is 14.9. The minimum Gasteiger partial charge on any atom is -0.385 e. The Morgan fingerprint density at radius 3 is 2.35 bits per heavy atom. The van der Waals surface area contributed by atoms with Gasteiger partial charge in [-0.1, -0.05) is 55.6 Å². The summed E-state index contributed by atoms with van der Waals surface area (Å²) in [6.45, 7) is 1.59. The Morgan fingerprint density at radius 2 is 1.80 bits per heavy atom. The predicted octanol–water partition coefficient (Wildman–Crippen LogP) is 5.45. The standard InChI is InChI=1S/C15H12Br2ClFO/c1-15(20,11-6-5-9(18)7-14(11)19)8-10-12(16)3-2-4-13(10)17/h2-7,20H,8H2,1H3. The maximum Gasteiger partial charge on any atom is 0.130 e. The quantitative estimate of drug-likeness (QED) is 0.697. The van der Waals surface area contributed by atoms with Crippen LogP contribution in [0, 0.1) is 5.82 Å². The molecule has 0 saturated carbocycles. The summed E-state index contributed by atoms with van der Waals surface area (Å²) in [5.41, 5.74) is -0.224. The first-order valence-electron chi connectivity index (χ1n) is 5.92. The Hall–Kier alpha value is -0.420. The van der Waals surface area contributed by atoms with Crippen LogP contribution in [0.2, 0.25) is 5.02 Å². The molecule has 1 unspecified atom stereocenters. The van der Waals surface area contributed by atoms with Crippen molar-refractivity contribution in [3.63, 3.8) is 0 Å². The fourth-order valence-electron chi connectivity index (χ4n) is 2.07. The van der Waals surface area contributed by atoms with Crippen LogP contribution in [0.3, 0.4) is 0 Å². The van der Waals surface area contributed by atoms with Gasteiger partial charge >= 0.3 is 0 Å². The van der Waals surface area contributed by atoms with Crippen molar-refractivity contribution in [2.24, 2.45) is 0 Å². The lowest BCUT2D eigenvalue weighted by Gasteiger charge is -2.25. The van der Waals surface area contributed by atoms with Crippen molar-refractivity contribution in [2.45, 2.75) is 18.9 Å². The normalized spacial score (nSPS) is 14.1. The summed E-state index contributed by atoms with van der Waals surface area (Å²) in [6, 6.07) is 9.95. The second kappa shape index (κ2) is 6.14. The third-order valence-corrected chi connectivity index (χ3v) is 4.82. The van der Waals surface area contributed by atoms with Crippen LogP contribution >= 0.6 is 43.5 Å². The number of hydrogen-bond donors (Lipinski definition) is 1. The molecule has 0 saturated heterocycles. The fourth-order valence-corrected chi connectivity index (χ4v) is 3.50. The second-order valence-corrected chi connectivity index (χ2v) is 6.92. The van der Waals surface area contributed by atoms with Crippen LogP contribution in [0.25, 0.3) is 0 Å². The summed E-state index contributed by atoms with van der Waals surface area (Å²) in [6.07, 6.45) is 0.271. The van der Waals surface area contributed by atoms with Crippen LogP contribution in [-0.4, -0.2) is 5.11 Å². The third-order valence-electron chi connectivity index (χ3n) is 3.09. The summed E-state index contributed by atoms with van der Waals surface area (Å²) in [7, 11) is 0. The average molecular weight is 423 g/mol. The van der Waals surface area contributed by atoms with Gasteiger partial charge in [-0.15, -0.1) is 0 Å². The Bertz CT molecular complexity index is 624. The third kappa shape index (κ3) is 3.42. The van der Waals surface area contributed by atoms with Crippen molar-refractivity contribution in [1.82, 2.24) is 0 Å². The smallest absolute Gasteiger partial charge is 0.130 e. The van der Waals surface area contributed by atoms with Crippen molar-refractivity contribution < 1.29 is 9.50 Å². The van der Waals surface area contributed by atoms with Gasteiger partial charge in [-0.3, -0.25) is 0 Å². The van der Waals surface area contributed by atoms with Crippen molar-refractivity contribution >= 4 is 43.5 Å². The summed E-state index contributed by atoms with van der Waals surface area (Å²) >= 11 is 12.6. The van der Waals surface area contributed by atoms with Gasteiger partial charge in [0.1, 0.15) is 5.82 Å². The molecule has 2 aromatic carbocycles. The Labute approximate surface area is 139 Å². The van der Waals surface area contributed by atoms with Crippen molar-refractivity contribution in [3.8, 4) is 0 Å². The molecule has 0 bridgehead atoms. The molecule has 1 atom stereocenters. The number of hydrogen-bond acceptors (Lipinski definition) is 1. The van der Waals surface area contributed by atoms with E-state index >= 15 is 0 Å². The number of aliphatic hydroxyl groups is 1. The molecule has 2 aromatic rings. The Morgan fingerprint density at radius 1 is 1.20 bits per heavy atom. The zero-order valence-electron chi connectivity index (χ0n) is 10.6. The summed E-state index contributed by atoms with van der Waals surface area (Å²) in [5.74, 6) is -0.509. The summed E-state index contributed by atoms with van der Waals surface area (Å²) in [4.78, 5) is 0. The van der Waals surface area contributed by atoms with Gasteiger partial charge in [0.05, 0.1) is 5.60 Å². The molecular formula is C15H12Br2ClFO. The molecule has 0 aliphatic rings. The zero-order valence-corrected chi connectivity index (χ0v) is 14.6. The first kappa shape index (κ1) is 16.0. The van der Waals surface area contributed by atoms with Crippen molar-refractivity contribution in [2.75, 3.05) is 0 Å². The van der Waals surface area contributed by atoms with Gasteiger partial charge in [0.15, 0.2) is 0 Å². The fraction of sp³-hybridized carbons (Fsp3) is 0.200. The molecule has 0 heterocycles. The molecule has 0 radical (unpaired) electrons. The average Bonchev–Trinajstić information content (AvgIpc) is 2.33. The number of rotatable bonds is 3. The summed E-state index contributed by atoms with van der Waals surface area (Å²) < 4.78 is 15.7. The molecule has 0 amide bonds. The van der Waals surface area contributed by atoms with E-state index in [1.54, 1.807) is 13.0 Å². The monoisotopic (exact) mass is 420 g/mol. The second-order valence-electron chi connectivity index (χ2n) is 4.78. The van der Waals surface area contributed by atoms with Gasteiger partial charge in [-0.2, -0.15) is 0 Å². The van der Waals surface area contributed by atoms with Gasteiger partial charge in [-0.25, -0.2) is 4.39 Å².